The Labute approximate surface area is 88.2 Å². The van der Waals surface area contributed by atoms with Gasteiger partial charge in [-0.2, -0.15) is 13.2 Å². The molecule has 90 valence electrons. The molecule has 1 atom stereocenters. The minimum Gasteiger partial charge on any atom is -0.371 e. The molecule has 0 amide bonds. The molecule has 1 fully saturated rings. The molecule has 5 heteroatoms. The summed E-state index contributed by atoms with van der Waals surface area (Å²) in [6, 6.07) is 0.354. The SMILES string of the molecule is CC(NCCOCC(F)(F)F)C1(C)CC1. The summed E-state index contributed by atoms with van der Waals surface area (Å²) in [7, 11) is 0. The average Bonchev–Trinajstić information content (AvgIpc) is 2.82. The van der Waals surface area contributed by atoms with E-state index in [1.54, 1.807) is 0 Å². The van der Waals surface area contributed by atoms with Crippen molar-refractivity contribution in [2.45, 2.75) is 38.9 Å². The monoisotopic (exact) mass is 225 g/mol. The van der Waals surface area contributed by atoms with Crippen molar-refractivity contribution < 1.29 is 17.9 Å². The van der Waals surface area contributed by atoms with Crippen LogP contribution in [-0.4, -0.2) is 32.0 Å². The first-order chi connectivity index (χ1) is 6.83. The van der Waals surface area contributed by atoms with Crippen LogP contribution in [0.4, 0.5) is 13.2 Å². The van der Waals surface area contributed by atoms with E-state index in [-0.39, 0.29) is 6.61 Å². The van der Waals surface area contributed by atoms with Gasteiger partial charge in [-0.25, -0.2) is 0 Å². The van der Waals surface area contributed by atoms with E-state index in [0.29, 0.717) is 18.0 Å². The summed E-state index contributed by atoms with van der Waals surface area (Å²) in [6.07, 6.45) is -1.82. The van der Waals surface area contributed by atoms with Crippen molar-refractivity contribution in [1.29, 1.82) is 0 Å². The van der Waals surface area contributed by atoms with Gasteiger partial charge in [0.05, 0.1) is 6.61 Å². The van der Waals surface area contributed by atoms with Gasteiger partial charge in [-0.1, -0.05) is 6.92 Å². The highest BCUT2D eigenvalue weighted by molar-refractivity contribution is 4.96. The average molecular weight is 225 g/mol. The molecule has 0 bridgehead atoms. The van der Waals surface area contributed by atoms with Crippen molar-refractivity contribution in [2.75, 3.05) is 19.8 Å². The van der Waals surface area contributed by atoms with Gasteiger partial charge in [-0.15, -0.1) is 0 Å². The summed E-state index contributed by atoms with van der Waals surface area (Å²) in [5.74, 6) is 0. The second-order valence-electron chi connectivity index (χ2n) is 4.50. The molecule has 1 saturated carbocycles. The Bertz CT molecular complexity index is 201. The van der Waals surface area contributed by atoms with Gasteiger partial charge in [0, 0.05) is 12.6 Å². The second kappa shape index (κ2) is 4.70. The van der Waals surface area contributed by atoms with Crippen molar-refractivity contribution >= 4 is 0 Å². The summed E-state index contributed by atoms with van der Waals surface area (Å²) in [5, 5.41) is 3.18. The van der Waals surface area contributed by atoms with Gasteiger partial charge in [0.1, 0.15) is 6.61 Å². The van der Waals surface area contributed by atoms with E-state index in [4.69, 9.17) is 0 Å². The third kappa shape index (κ3) is 4.84. The van der Waals surface area contributed by atoms with E-state index in [2.05, 4.69) is 23.9 Å². The molecular formula is C10H18F3NO. The lowest BCUT2D eigenvalue weighted by atomic mass is 10.0. The molecule has 0 aromatic carbocycles. The third-order valence-electron chi connectivity index (χ3n) is 3.05. The predicted molar refractivity (Wildman–Crippen MR) is 51.7 cm³/mol. The number of nitrogens with one attached hydrogen (secondary N) is 1. The van der Waals surface area contributed by atoms with Gasteiger partial charge in [0.25, 0.3) is 0 Å². The van der Waals surface area contributed by atoms with Crippen molar-refractivity contribution in [1.82, 2.24) is 5.32 Å². The standard InChI is InChI=1S/C10H18F3NO/c1-8(9(2)3-4-9)14-5-6-15-7-10(11,12)13/h8,14H,3-7H2,1-2H3. The first-order valence-corrected chi connectivity index (χ1v) is 5.21. The quantitative estimate of drug-likeness (QED) is 0.700. The highest BCUT2D eigenvalue weighted by atomic mass is 19.4. The lowest BCUT2D eigenvalue weighted by Gasteiger charge is -2.20. The van der Waals surface area contributed by atoms with Crippen LogP contribution in [0.3, 0.4) is 0 Å². The number of halogens is 3. The van der Waals surface area contributed by atoms with Crippen LogP contribution < -0.4 is 5.32 Å². The topological polar surface area (TPSA) is 21.3 Å². The Kier molecular flexibility index (Phi) is 4.00. The number of hydrogen-bond donors (Lipinski definition) is 1. The van der Waals surface area contributed by atoms with Crippen LogP contribution in [0.15, 0.2) is 0 Å². The number of hydrogen-bond acceptors (Lipinski definition) is 2. The Hall–Kier alpha value is -0.290. The van der Waals surface area contributed by atoms with E-state index < -0.39 is 12.8 Å². The Morgan fingerprint density at radius 1 is 1.40 bits per heavy atom. The van der Waals surface area contributed by atoms with Crippen molar-refractivity contribution in [3.05, 3.63) is 0 Å². The molecule has 1 aliphatic rings. The first kappa shape index (κ1) is 12.8. The zero-order valence-corrected chi connectivity index (χ0v) is 9.16. The number of alkyl halides is 3. The highest BCUT2D eigenvalue weighted by Crippen LogP contribution is 2.47. The zero-order valence-electron chi connectivity index (χ0n) is 9.16. The molecule has 2 nitrogen and oxygen atoms in total. The third-order valence-corrected chi connectivity index (χ3v) is 3.05. The number of rotatable bonds is 6. The van der Waals surface area contributed by atoms with Gasteiger partial charge in [-0.3, -0.25) is 0 Å². The molecule has 0 heterocycles. The molecule has 1 rings (SSSR count). The molecule has 1 N–H and O–H groups in total. The summed E-state index contributed by atoms with van der Waals surface area (Å²) >= 11 is 0. The Morgan fingerprint density at radius 2 is 2.00 bits per heavy atom. The van der Waals surface area contributed by atoms with Crippen LogP contribution in [0.1, 0.15) is 26.7 Å². The van der Waals surface area contributed by atoms with E-state index in [1.165, 1.54) is 12.8 Å². The summed E-state index contributed by atoms with van der Waals surface area (Å²) in [4.78, 5) is 0. The minimum atomic E-state index is -4.21. The molecule has 0 aliphatic heterocycles. The zero-order chi connectivity index (χ0) is 11.5. The van der Waals surface area contributed by atoms with Crippen LogP contribution in [0.2, 0.25) is 0 Å². The lowest BCUT2D eigenvalue weighted by Crippen LogP contribution is -2.36. The molecule has 0 aromatic rings. The van der Waals surface area contributed by atoms with E-state index in [9.17, 15) is 13.2 Å². The van der Waals surface area contributed by atoms with Gasteiger partial charge < -0.3 is 10.1 Å². The van der Waals surface area contributed by atoms with Gasteiger partial charge in [-0.05, 0) is 25.2 Å². The molecule has 0 radical (unpaired) electrons. The highest BCUT2D eigenvalue weighted by Gasteiger charge is 2.42. The maximum atomic E-state index is 11.7. The van der Waals surface area contributed by atoms with E-state index >= 15 is 0 Å². The molecule has 0 saturated heterocycles. The maximum Gasteiger partial charge on any atom is 0.411 e. The first-order valence-electron chi connectivity index (χ1n) is 5.21. The fraction of sp³-hybridized carbons (Fsp3) is 1.00. The van der Waals surface area contributed by atoms with Crippen LogP contribution >= 0.6 is 0 Å². The maximum absolute atomic E-state index is 11.7. The summed E-state index contributed by atoms with van der Waals surface area (Å²) in [5.41, 5.74) is 0.351. The fourth-order valence-electron chi connectivity index (χ4n) is 1.41. The van der Waals surface area contributed by atoms with E-state index in [1.807, 2.05) is 0 Å². The van der Waals surface area contributed by atoms with Crippen LogP contribution in [-0.2, 0) is 4.74 Å². The predicted octanol–water partition coefficient (Wildman–Crippen LogP) is 2.34. The molecular weight excluding hydrogens is 207 g/mol. The Balaban J connectivity index is 1.97. The second-order valence-corrected chi connectivity index (χ2v) is 4.50. The van der Waals surface area contributed by atoms with Crippen LogP contribution in [0.5, 0.6) is 0 Å². The normalized spacial score (nSPS) is 21.4. The van der Waals surface area contributed by atoms with Crippen molar-refractivity contribution in [3.8, 4) is 0 Å². The van der Waals surface area contributed by atoms with Crippen LogP contribution in [0.25, 0.3) is 0 Å². The molecule has 0 aromatic heterocycles. The minimum absolute atomic E-state index is 0.111. The van der Waals surface area contributed by atoms with Crippen molar-refractivity contribution in [2.24, 2.45) is 5.41 Å². The molecule has 0 spiro atoms. The summed E-state index contributed by atoms with van der Waals surface area (Å²) < 4.78 is 39.6. The molecule has 15 heavy (non-hydrogen) atoms. The largest absolute Gasteiger partial charge is 0.411 e. The van der Waals surface area contributed by atoms with Gasteiger partial charge in [0.2, 0.25) is 0 Å². The number of ether oxygens (including phenoxy) is 1. The lowest BCUT2D eigenvalue weighted by molar-refractivity contribution is -0.173. The Morgan fingerprint density at radius 3 is 2.47 bits per heavy atom. The smallest absolute Gasteiger partial charge is 0.371 e. The van der Waals surface area contributed by atoms with Crippen molar-refractivity contribution in [3.63, 3.8) is 0 Å². The van der Waals surface area contributed by atoms with E-state index in [0.717, 1.165) is 0 Å². The fourth-order valence-corrected chi connectivity index (χ4v) is 1.41. The summed E-state index contributed by atoms with van der Waals surface area (Å²) in [6.45, 7) is 3.69. The van der Waals surface area contributed by atoms with Crippen LogP contribution in [0, 0.1) is 5.41 Å². The molecule has 1 aliphatic carbocycles. The van der Waals surface area contributed by atoms with Gasteiger partial charge >= 0.3 is 6.18 Å². The molecule has 1 unspecified atom stereocenters. The van der Waals surface area contributed by atoms with Gasteiger partial charge in [0.15, 0.2) is 0 Å².